The Kier molecular flexibility index (Phi) is 6.75. The van der Waals surface area contributed by atoms with Gasteiger partial charge in [-0.2, -0.15) is 0 Å². The zero-order valence-electron chi connectivity index (χ0n) is 16.9. The van der Waals surface area contributed by atoms with Crippen LogP contribution in [0.5, 0.6) is 11.5 Å². The lowest BCUT2D eigenvalue weighted by molar-refractivity contribution is 0.290. The summed E-state index contributed by atoms with van der Waals surface area (Å²) in [5.41, 5.74) is 4.17. The molecule has 30 heavy (non-hydrogen) atoms. The van der Waals surface area contributed by atoms with Gasteiger partial charge in [0, 0.05) is 23.6 Å². The number of nitrogens with zero attached hydrogens (tertiary/aromatic N) is 1. The molecule has 0 aliphatic rings. The largest absolute Gasteiger partial charge is 0.489 e. The van der Waals surface area contributed by atoms with Crippen molar-refractivity contribution in [1.82, 2.24) is 10.3 Å². The summed E-state index contributed by atoms with van der Waals surface area (Å²) >= 11 is 1.65. The zero-order chi connectivity index (χ0) is 20.6. The summed E-state index contributed by atoms with van der Waals surface area (Å²) in [5.74, 6) is 1.53. The van der Waals surface area contributed by atoms with E-state index in [1.54, 1.807) is 11.3 Å². The molecule has 0 fully saturated rings. The first-order valence-corrected chi connectivity index (χ1v) is 10.8. The minimum absolute atomic E-state index is 0.504. The van der Waals surface area contributed by atoms with Crippen molar-refractivity contribution >= 4 is 11.3 Å². The van der Waals surface area contributed by atoms with Crippen LogP contribution < -0.4 is 14.8 Å². The lowest BCUT2D eigenvalue weighted by Crippen LogP contribution is -2.04. The molecule has 4 nitrogen and oxygen atoms in total. The molecular weight excluding hydrogens is 392 g/mol. The molecule has 0 bridgehead atoms. The molecule has 0 amide bonds. The van der Waals surface area contributed by atoms with Crippen molar-refractivity contribution in [2.45, 2.75) is 19.8 Å². The van der Waals surface area contributed by atoms with E-state index in [4.69, 9.17) is 14.5 Å². The van der Waals surface area contributed by atoms with Crippen molar-refractivity contribution in [1.29, 1.82) is 0 Å². The van der Waals surface area contributed by atoms with Gasteiger partial charge in [-0.05, 0) is 30.3 Å². The van der Waals surface area contributed by atoms with E-state index in [1.807, 2.05) is 61.6 Å². The second-order valence-corrected chi connectivity index (χ2v) is 7.84. The molecular formula is C25H24N2O2S. The number of ether oxygens (including phenoxy) is 2. The van der Waals surface area contributed by atoms with Crippen molar-refractivity contribution in [3.8, 4) is 22.8 Å². The third-order valence-corrected chi connectivity index (χ3v) is 5.40. The zero-order valence-corrected chi connectivity index (χ0v) is 17.7. The second kappa shape index (κ2) is 10.1. The van der Waals surface area contributed by atoms with E-state index in [2.05, 4.69) is 35.0 Å². The number of hydrogen-bond acceptors (Lipinski definition) is 5. The summed E-state index contributed by atoms with van der Waals surface area (Å²) in [6, 6.07) is 26.3. The van der Waals surface area contributed by atoms with E-state index >= 15 is 0 Å². The fourth-order valence-electron chi connectivity index (χ4n) is 3.04. The number of thiazole rings is 1. The van der Waals surface area contributed by atoms with Gasteiger partial charge >= 0.3 is 0 Å². The Morgan fingerprint density at radius 2 is 1.37 bits per heavy atom. The molecule has 0 aliphatic carbocycles. The first-order chi connectivity index (χ1) is 14.8. The average molecular weight is 417 g/mol. The lowest BCUT2D eigenvalue weighted by atomic mass is 10.1. The van der Waals surface area contributed by atoms with E-state index in [-0.39, 0.29) is 0 Å². The average Bonchev–Trinajstić information content (AvgIpc) is 3.27. The van der Waals surface area contributed by atoms with Gasteiger partial charge in [-0.1, -0.05) is 60.7 Å². The van der Waals surface area contributed by atoms with Crippen molar-refractivity contribution in [2.75, 3.05) is 7.05 Å². The molecule has 0 saturated carbocycles. The van der Waals surface area contributed by atoms with E-state index < -0.39 is 0 Å². The van der Waals surface area contributed by atoms with Crippen LogP contribution in [0.4, 0.5) is 0 Å². The van der Waals surface area contributed by atoms with Crippen molar-refractivity contribution in [3.05, 3.63) is 100 Å². The highest BCUT2D eigenvalue weighted by atomic mass is 32.1. The summed E-state index contributed by atoms with van der Waals surface area (Å²) in [5, 5.41) is 6.27. The van der Waals surface area contributed by atoms with Crippen molar-refractivity contribution < 1.29 is 9.47 Å². The maximum absolute atomic E-state index is 6.08. The highest BCUT2D eigenvalue weighted by Crippen LogP contribution is 2.31. The molecule has 5 heteroatoms. The molecule has 0 spiro atoms. The van der Waals surface area contributed by atoms with Crippen LogP contribution in [0.2, 0.25) is 0 Å². The molecule has 152 valence electrons. The quantitative estimate of drug-likeness (QED) is 0.381. The van der Waals surface area contributed by atoms with Crippen LogP contribution in [0.15, 0.2) is 84.2 Å². The molecule has 1 N–H and O–H groups in total. The predicted octanol–water partition coefficient (Wildman–Crippen LogP) is 5.69. The van der Waals surface area contributed by atoms with Crippen molar-refractivity contribution in [2.24, 2.45) is 0 Å². The Morgan fingerprint density at radius 1 is 0.800 bits per heavy atom. The number of benzene rings is 3. The lowest BCUT2D eigenvalue weighted by Gasteiger charge is -2.12. The van der Waals surface area contributed by atoms with Gasteiger partial charge in [-0.25, -0.2) is 4.98 Å². The Labute approximate surface area is 181 Å². The standard InChI is InChI=1S/C25H24N2O2S/c1-26-15-25-27-24(18-30-25)21-12-22(28-16-19-8-4-2-5-9-19)14-23(13-21)29-17-20-10-6-3-7-11-20/h2-14,18,26H,15-17H2,1H3. The first-order valence-electron chi connectivity index (χ1n) is 9.88. The third-order valence-electron chi connectivity index (χ3n) is 4.55. The summed E-state index contributed by atoms with van der Waals surface area (Å²) in [6.45, 7) is 1.77. The maximum Gasteiger partial charge on any atom is 0.124 e. The Bertz CT molecular complexity index is 1000. The summed E-state index contributed by atoms with van der Waals surface area (Å²) < 4.78 is 12.2. The number of nitrogens with one attached hydrogen (secondary N) is 1. The van der Waals surface area contributed by atoms with Gasteiger partial charge < -0.3 is 14.8 Å². The normalized spacial score (nSPS) is 10.7. The summed E-state index contributed by atoms with van der Waals surface area (Å²) in [4.78, 5) is 4.73. The van der Waals surface area contributed by atoms with Crippen LogP contribution in [0, 0.1) is 0 Å². The van der Waals surface area contributed by atoms with E-state index in [9.17, 15) is 0 Å². The molecule has 0 aliphatic heterocycles. The van der Waals surface area contributed by atoms with Gasteiger partial charge in [-0.3, -0.25) is 0 Å². The molecule has 3 aromatic carbocycles. The van der Waals surface area contributed by atoms with Crippen LogP contribution in [-0.4, -0.2) is 12.0 Å². The number of hydrogen-bond donors (Lipinski definition) is 1. The minimum atomic E-state index is 0.504. The van der Waals surface area contributed by atoms with Gasteiger partial charge in [0.1, 0.15) is 29.7 Å². The monoisotopic (exact) mass is 416 g/mol. The maximum atomic E-state index is 6.08. The van der Waals surface area contributed by atoms with Gasteiger partial charge in [-0.15, -0.1) is 11.3 Å². The van der Waals surface area contributed by atoms with Gasteiger partial charge in [0.05, 0.1) is 5.69 Å². The topological polar surface area (TPSA) is 43.4 Å². The summed E-state index contributed by atoms with van der Waals surface area (Å²) in [6.07, 6.45) is 0. The van der Waals surface area contributed by atoms with Crippen LogP contribution in [-0.2, 0) is 19.8 Å². The van der Waals surface area contributed by atoms with Crippen LogP contribution in [0.3, 0.4) is 0 Å². The van der Waals surface area contributed by atoms with Crippen LogP contribution >= 0.6 is 11.3 Å². The van der Waals surface area contributed by atoms with E-state index in [1.165, 1.54) is 0 Å². The van der Waals surface area contributed by atoms with Crippen LogP contribution in [0.1, 0.15) is 16.1 Å². The molecule has 0 saturated heterocycles. The summed E-state index contributed by atoms with van der Waals surface area (Å²) in [7, 11) is 1.93. The molecule has 1 heterocycles. The van der Waals surface area contributed by atoms with E-state index in [0.717, 1.165) is 45.4 Å². The van der Waals surface area contributed by atoms with Gasteiger partial charge in [0.2, 0.25) is 0 Å². The molecule has 4 aromatic rings. The Balaban J connectivity index is 1.57. The SMILES string of the molecule is CNCc1nc(-c2cc(OCc3ccccc3)cc(OCc3ccccc3)c2)cs1. The van der Waals surface area contributed by atoms with Crippen LogP contribution in [0.25, 0.3) is 11.3 Å². The van der Waals surface area contributed by atoms with Crippen molar-refractivity contribution in [3.63, 3.8) is 0 Å². The molecule has 4 rings (SSSR count). The molecule has 0 unspecified atom stereocenters. The highest BCUT2D eigenvalue weighted by Gasteiger charge is 2.10. The molecule has 0 radical (unpaired) electrons. The Morgan fingerprint density at radius 3 is 1.90 bits per heavy atom. The van der Waals surface area contributed by atoms with Gasteiger partial charge in [0.25, 0.3) is 0 Å². The number of rotatable bonds is 9. The minimum Gasteiger partial charge on any atom is -0.489 e. The molecule has 0 atom stereocenters. The second-order valence-electron chi connectivity index (χ2n) is 6.90. The smallest absolute Gasteiger partial charge is 0.124 e. The fraction of sp³-hybridized carbons (Fsp3) is 0.160. The fourth-order valence-corrected chi connectivity index (χ4v) is 3.86. The highest BCUT2D eigenvalue weighted by molar-refractivity contribution is 7.09. The van der Waals surface area contributed by atoms with Gasteiger partial charge in [0.15, 0.2) is 0 Å². The third kappa shape index (κ3) is 5.47. The van der Waals surface area contributed by atoms with E-state index in [0.29, 0.717) is 13.2 Å². The first kappa shape index (κ1) is 20.1. The Hall–Kier alpha value is -3.15. The molecule has 1 aromatic heterocycles. The predicted molar refractivity (Wildman–Crippen MR) is 122 cm³/mol. The number of aromatic nitrogens is 1.